The average Bonchev–Trinajstić information content (AvgIpc) is 2.62. The Bertz CT molecular complexity index is 827. The van der Waals surface area contributed by atoms with E-state index in [1.54, 1.807) is 29.2 Å². The fraction of sp³-hybridized carbons (Fsp3) is 0.316. The topological polar surface area (TPSA) is 54.5 Å². The van der Waals surface area contributed by atoms with Crippen molar-refractivity contribution in [1.82, 2.24) is 4.90 Å². The third-order valence-electron chi connectivity index (χ3n) is 4.54. The van der Waals surface area contributed by atoms with Crippen LogP contribution in [0.15, 0.2) is 54.6 Å². The van der Waals surface area contributed by atoms with E-state index in [2.05, 4.69) is 0 Å². The second kappa shape index (κ2) is 7.58. The molecular formula is C19H20ClNO3S. The number of likely N-dealkylation sites (tertiary alicyclic amines) is 1. The molecule has 6 heteroatoms. The molecule has 1 fully saturated rings. The van der Waals surface area contributed by atoms with Gasteiger partial charge in [-0.2, -0.15) is 0 Å². The zero-order chi connectivity index (χ0) is 17.9. The lowest BCUT2D eigenvalue weighted by atomic mass is 10.1. The highest BCUT2D eigenvalue weighted by Crippen LogP contribution is 2.23. The van der Waals surface area contributed by atoms with Crippen LogP contribution >= 0.6 is 11.6 Å². The van der Waals surface area contributed by atoms with Crippen LogP contribution in [-0.4, -0.2) is 37.6 Å². The number of piperidine rings is 1. The van der Waals surface area contributed by atoms with Crippen LogP contribution in [0.4, 0.5) is 0 Å². The molecule has 1 amide bonds. The molecule has 0 bridgehead atoms. The Labute approximate surface area is 153 Å². The Morgan fingerprint density at radius 2 is 1.60 bits per heavy atom. The Balaban J connectivity index is 1.61. The van der Waals surface area contributed by atoms with Crippen LogP contribution in [0.1, 0.15) is 28.8 Å². The van der Waals surface area contributed by atoms with Gasteiger partial charge in [0.15, 0.2) is 9.84 Å². The molecule has 1 aliphatic rings. The van der Waals surface area contributed by atoms with Gasteiger partial charge in [0.25, 0.3) is 5.91 Å². The van der Waals surface area contributed by atoms with Crippen molar-refractivity contribution in [3.05, 3.63) is 70.7 Å². The minimum absolute atomic E-state index is 0.0592. The van der Waals surface area contributed by atoms with E-state index >= 15 is 0 Å². The summed E-state index contributed by atoms with van der Waals surface area (Å²) < 4.78 is 25.2. The predicted molar refractivity (Wildman–Crippen MR) is 99.4 cm³/mol. The van der Waals surface area contributed by atoms with Crippen LogP contribution in [-0.2, 0) is 15.6 Å². The number of carbonyl (C=O) groups excluding carboxylic acids is 1. The minimum atomic E-state index is -3.21. The van der Waals surface area contributed by atoms with Crippen molar-refractivity contribution in [2.24, 2.45) is 0 Å². The van der Waals surface area contributed by atoms with Crippen molar-refractivity contribution in [2.45, 2.75) is 23.8 Å². The monoisotopic (exact) mass is 377 g/mol. The Kier molecular flexibility index (Phi) is 5.45. The summed E-state index contributed by atoms with van der Waals surface area (Å²) in [7, 11) is -3.21. The van der Waals surface area contributed by atoms with E-state index in [-0.39, 0.29) is 16.9 Å². The molecule has 0 unspecified atom stereocenters. The quantitative estimate of drug-likeness (QED) is 0.818. The van der Waals surface area contributed by atoms with Gasteiger partial charge in [-0.05, 0) is 42.7 Å². The van der Waals surface area contributed by atoms with E-state index < -0.39 is 9.84 Å². The first-order chi connectivity index (χ1) is 12.0. The van der Waals surface area contributed by atoms with Gasteiger partial charge < -0.3 is 4.90 Å². The fourth-order valence-corrected chi connectivity index (χ4v) is 5.07. The number of nitrogens with zero attached hydrogens (tertiary/aromatic N) is 1. The van der Waals surface area contributed by atoms with Gasteiger partial charge in [-0.1, -0.05) is 41.9 Å². The molecule has 4 nitrogen and oxygen atoms in total. The van der Waals surface area contributed by atoms with Crippen molar-refractivity contribution >= 4 is 27.3 Å². The van der Waals surface area contributed by atoms with Gasteiger partial charge >= 0.3 is 0 Å². The summed E-state index contributed by atoms with van der Waals surface area (Å²) in [6.07, 6.45) is 0.961. The second-order valence-electron chi connectivity index (χ2n) is 6.29. The van der Waals surface area contributed by atoms with Crippen molar-refractivity contribution in [1.29, 1.82) is 0 Å². The molecule has 132 valence electrons. The standard InChI is InChI=1S/C19H20ClNO3S/c20-17-8-6-16(7-9-17)19(22)21-12-10-18(11-13-21)25(23,24)14-15-4-2-1-3-5-15/h1-9,18H,10-14H2. The highest BCUT2D eigenvalue weighted by Gasteiger charge is 2.31. The number of benzene rings is 2. The maximum Gasteiger partial charge on any atom is 0.253 e. The zero-order valence-electron chi connectivity index (χ0n) is 13.8. The highest BCUT2D eigenvalue weighted by molar-refractivity contribution is 7.91. The number of sulfone groups is 1. The molecule has 2 aromatic rings. The number of amides is 1. The Hall–Kier alpha value is -1.85. The van der Waals surface area contributed by atoms with Crippen LogP contribution in [0, 0.1) is 0 Å². The molecule has 2 aromatic carbocycles. The molecule has 1 heterocycles. The lowest BCUT2D eigenvalue weighted by Gasteiger charge is -2.31. The van der Waals surface area contributed by atoms with Crippen molar-refractivity contribution in [2.75, 3.05) is 13.1 Å². The maximum absolute atomic E-state index is 12.6. The molecule has 3 rings (SSSR count). The molecule has 0 aromatic heterocycles. The first-order valence-electron chi connectivity index (χ1n) is 8.26. The van der Waals surface area contributed by atoms with Gasteiger partial charge in [0, 0.05) is 23.7 Å². The predicted octanol–water partition coefficient (Wildman–Crippen LogP) is 3.56. The summed E-state index contributed by atoms with van der Waals surface area (Å²) in [5, 5.41) is 0.198. The van der Waals surface area contributed by atoms with E-state index in [0.717, 1.165) is 5.56 Å². The molecule has 1 aliphatic heterocycles. The van der Waals surface area contributed by atoms with Crippen LogP contribution in [0.5, 0.6) is 0 Å². The summed E-state index contributed by atoms with van der Waals surface area (Å²) in [4.78, 5) is 14.2. The molecule has 0 saturated carbocycles. The molecule has 0 aliphatic carbocycles. The summed E-state index contributed by atoms with van der Waals surface area (Å²) in [6, 6.07) is 16.0. The number of hydrogen-bond acceptors (Lipinski definition) is 3. The number of hydrogen-bond donors (Lipinski definition) is 0. The number of rotatable bonds is 4. The lowest BCUT2D eigenvalue weighted by Crippen LogP contribution is -2.42. The lowest BCUT2D eigenvalue weighted by molar-refractivity contribution is 0.0725. The normalized spacial score (nSPS) is 16.0. The summed E-state index contributed by atoms with van der Waals surface area (Å²) in [5.74, 6) is -0.0144. The molecule has 25 heavy (non-hydrogen) atoms. The first-order valence-corrected chi connectivity index (χ1v) is 10.4. The number of carbonyl (C=O) groups is 1. The smallest absolute Gasteiger partial charge is 0.253 e. The largest absolute Gasteiger partial charge is 0.339 e. The van der Waals surface area contributed by atoms with Gasteiger partial charge in [-0.3, -0.25) is 4.79 Å². The highest BCUT2D eigenvalue weighted by atomic mass is 35.5. The van der Waals surface area contributed by atoms with E-state index in [4.69, 9.17) is 11.6 Å². The maximum atomic E-state index is 12.6. The minimum Gasteiger partial charge on any atom is -0.339 e. The molecular weight excluding hydrogens is 358 g/mol. The fourth-order valence-electron chi connectivity index (χ4n) is 3.12. The van der Waals surface area contributed by atoms with Gasteiger partial charge in [0.05, 0.1) is 11.0 Å². The molecule has 0 atom stereocenters. The molecule has 0 N–H and O–H groups in total. The third-order valence-corrected chi connectivity index (χ3v) is 7.01. The van der Waals surface area contributed by atoms with Crippen LogP contribution in [0.3, 0.4) is 0 Å². The number of halogens is 1. The summed E-state index contributed by atoms with van der Waals surface area (Å²) in [6.45, 7) is 0.917. The Morgan fingerprint density at radius 1 is 1.00 bits per heavy atom. The van der Waals surface area contributed by atoms with Crippen molar-refractivity contribution in [3.63, 3.8) is 0 Å². The second-order valence-corrected chi connectivity index (χ2v) is 9.01. The van der Waals surface area contributed by atoms with E-state index in [0.29, 0.717) is 36.5 Å². The van der Waals surface area contributed by atoms with Crippen molar-refractivity contribution < 1.29 is 13.2 Å². The van der Waals surface area contributed by atoms with E-state index in [1.807, 2.05) is 30.3 Å². The van der Waals surface area contributed by atoms with E-state index in [1.165, 1.54) is 0 Å². The van der Waals surface area contributed by atoms with Crippen molar-refractivity contribution in [3.8, 4) is 0 Å². The van der Waals surface area contributed by atoms with Crippen LogP contribution in [0.25, 0.3) is 0 Å². The molecule has 0 spiro atoms. The van der Waals surface area contributed by atoms with Gasteiger partial charge in [-0.25, -0.2) is 8.42 Å². The average molecular weight is 378 g/mol. The third kappa shape index (κ3) is 4.41. The van der Waals surface area contributed by atoms with Crippen LogP contribution in [0.2, 0.25) is 5.02 Å². The van der Waals surface area contributed by atoms with Crippen LogP contribution < -0.4 is 0 Å². The summed E-state index contributed by atoms with van der Waals surface area (Å²) >= 11 is 5.85. The van der Waals surface area contributed by atoms with Gasteiger partial charge in [0.1, 0.15) is 0 Å². The first kappa shape index (κ1) is 18.0. The summed E-state index contributed by atoms with van der Waals surface area (Å²) in [5.41, 5.74) is 1.39. The van der Waals surface area contributed by atoms with Gasteiger partial charge in [0.2, 0.25) is 0 Å². The van der Waals surface area contributed by atoms with E-state index in [9.17, 15) is 13.2 Å². The Morgan fingerprint density at radius 3 is 2.20 bits per heavy atom. The SMILES string of the molecule is O=C(c1ccc(Cl)cc1)N1CCC(S(=O)(=O)Cc2ccccc2)CC1. The molecule has 0 radical (unpaired) electrons. The zero-order valence-corrected chi connectivity index (χ0v) is 15.3. The van der Waals surface area contributed by atoms with Gasteiger partial charge in [-0.15, -0.1) is 0 Å². The molecule has 1 saturated heterocycles.